The van der Waals surface area contributed by atoms with Crippen LogP contribution < -0.4 is 5.32 Å². The number of pyridine rings is 1. The van der Waals surface area contributed by atoms with E-state index in [1.54, 1.807) is 48.6 Å². The highest BCUT2D eigenvalue weighted by Crippen LogP contribution is 2.37. The standard InChI is InChI=1S/C25H20FN5O3/c1-31-21(32)11-19(24(31)16-3-2-9-27-12-16)25(33)30-20-13-28-22(15-4-6-18(26)7-5-15)23(29-20)17-8-10-34-14-17/h2-10,12-14,19,24H,11H2,1H3,(H,29,30,33). The Morgan fingerprint density at radius 3 is 2.65 bits per heavy atom. The summed E-state index contributed by atoms with van der Waals surface area (Å²) < 4.78 is 18.6. The summed E-state index contributed by atoms with van der Waals surface area (Å²) in [5.41, 5.74) is 3.10. The molecule has 4 heterocycles. The number of halogens is 1. The molecule has 2 amide bonds. The van der Waals surface area contributed by atoms with E-state index in [1.165, 1.54) is 30.9 Å². The minimum Gasteiger partial charge on any atom is -0.472 e. The molecule has 9 heteroatoms. The summed E-state index contributed by atoms with van der Waals surface area (Å²) in [6.07, 6.45) is 7.86. The van der Waals surface area contributed by atoms with Crippen LogP contribution in [0.3, 0.4) is 0 Å². The van der Waals surface area contributed by atoms with E-state index < -0.39 is 12.0 Å². The molecule has 0 aliphatic carbocycles. The van der Waals surface area contributed by atoms with Crippen molar-refractivity contribution in [3.8, 4) is 22.5 Å². The lowest BCUT2D eigenvalue weighted by Gasteiger charge is -2.24. The molecule has 0 spiro atoms. The molecule has 2 unspecified atom stereocenters. The van der Waals surface area contributed by atoms with Crippen LogP contribution in [0.5, 0.6) is 0 Å². The van der Waals surface area contributed by atoms with Gasteiger partial charge in [-0.05, 0) is 42.0 Å². The van der Waals surface area contributed by atoms with Crippen molar-refractivity contribution in [1.82, 2.24) is 19.9 Å². The number of likely N-dealkylation sites (tertiary alicyclic amines) is 1. The van der Waals surface area contributed by atoms with Crippen LogP contribution in [0.2, 0.25) is 0 Å². The molecule has 1 aliphatic heterocycles. The number of anilines is 1. The molecule has 0 radical (unpaired) electrons. The lowest BCUT2D eigenvalue weighted by molar-refractivity contribution is -0.128. The van der Waals surface area contributed by atoms with Crippen molar-refractivity contribution in [2.75, 3.05) is 12.4 Å². The molecule has 1 aromatic carbocycles. The van der Waals surface area contributed by atoms with Crippen LogP contribution in [0.25, 0.3) is 22.5 Å². The number of furan rings is 1. The Bertz CT molecular complexity index is 1330. The van der Waals surface area contributed by atoms with Crippen molar-refractivity contribution in [2.45, 2.75) is 12.5 Å². The largest absolute Gasteiger partial charge is 0.472 e. The van der Waals surface area contributed by atoms with E-state index in [-0.39, 0.29) is 29.9 Å². The number of aromatic nitrogens is 3. The Labute approximate surface area is 194 Å². The Balaban J connectivity index is 1.46. The van der Waals surface area contributed by atoms with E-state index >= 15 is 0 Å². The summed E-state index contributed by atoms with van der Waals surface area (Å²) in [4.78, 5) is 40.5. The van der Waals surface area contributed by atoms with E-state index in [2.05, 4.69) is 20.3 Å². The molecule has 170 valence electrons. The molecule has 0 saturated carbocycles. The van der Waals surface area contributed by atoms with Crippen LogP contribution in [-0.2, 0) is 9.59 Å². The van der Waals surface area contributed by atoms with Gasteiger partial charge in [-0.3, -0.25) is 19.6 Å². The van der Waals surface area contributed by atoms with Crippen LogP contribution in [0.1, 0.15) is 18.0 Å². The van der Waals surface area contributed by atoms with E-state index in [9.17, 15) is 14.0 Å². The number of nitrogens with zero attached hydrogens (tertiary/aromatic N) is 4. The van der Waals surface area contributed by atoms with Crippen molar-refractivity contribution in [2.24, 2.45) is 5.92 Å². The normalized spacial score (nSPS) is 17.7. The van der Waals surface area contributed by atoms with Crippen molar-refractivity contribution < 1.29 is 18.4 Å². The molecular formula is C25H20FN5O3. The van der Waals surface area contributed by atoms with E-state index in [1.807, 2.05) is 6.07 Å². The minimum atomic E-state index is -0.613. The monoisotopic (exact) mass is 457 g/mol. The molecule has 0 bridgehead atoms. The molecule has 34 heavy (non-hydrogen) atoms. The number of carbonyl (C=O) groups is 2. The van der Waals surface area contributed by atoms with Gasteiger partial charge in [0.2, 0.25) is 11.8 Å². The van der Waals surface area contributed by atoms with Crippen LogP contribution in [0.15, 0.2) is 78.0 Å². The summed E-state index contributed by atoms with van der Waals surface area (Å²) in [7, 11) is 1.68. The van der Waals surface area contributed by atoms with E-state index in [0.29, 0.717) is 22.5 Å². The van der Waals surface area contributed by atoms with Crippen molar-refractivity contribution in [3.63, 3.8) is 0 Å². The Hall–Kier alpha value is -4.40. The molecular weight excluding hydrogens is 437 g/mol. The lowest BCUT2D eigenvalue weighted by atomic mass is 9.94. The maximum atomic E-state index is 13.4. The smallest absolute Gasteiger partial charge is 0.231 e. The van der Waals surface area contributed by atoms with Gasteiger partial charge >= 0.3 is 0 Å². The van der Waals surface area contributed by atoms with Gasteiger partial charge in [0.1, 0.15) is 11.5 Å². The van der Waals surface area contributed by atoms with Gasteiger partial charge in [-0.1, -0.05) is 6.07 Å². The third kappa shape index (κ3) is 4.03. The lowest BCUT2D eigenvalue weighted by Crippen LogP contribution is -2.30. The Morgan fingerprint density at radius 1 is 1.12 bits per heavy atom. The van der Waals surface area contributed by atoms with Crippen molar-refractivity contribution in [3.05, 3.63) is 85.0 Å². The summed E-state index contributed by atoms with van der Waals surface area (Å²) in [6, 6.07) is 10.8. The average Bonchev–Trinajstić information content (AvgIpc) is 3.49. The highest BCUT2D eigenvalue weighted by molar-refractivity contribution is 5.97. The predicted octanol–water partition coefficient (Wildman–Crippen LogP) is 4.10. The molecule has 1 N–H and O–H groups in total. The fraction of sp³-hybridized carbons (Fsp3) is 0.160. The second-order valence-corrected chi connectivity index (χ2v) is 8.01. The van der Waals surface area contributed by atoms with Gasteiger partial charge in [-0.2, -0.15) is 0 Å². The molecule has 1 fully saturated rings. The first-order valence-electron chi connectivity index (χ1n) is 10.6. The fourth-order valence-electron chi connectivity index (χ4n) is 4.20. The van der Waals surface area contributed by atoms with Gasteiger partial charge in [0, 0.05) is 37.0 Å². The summed E-state index contributed by atoms with van der Waals surface area (Å²) in [5, 5.41) is 2.81. The third-order valence-electron chi connectivity index (χ3n) is 5.89. The highest BCUT2D eigenvalue weighted by Gasteiger charge is 2.43. The fourth-order valence-corrected chi connectivity index (χ4v) is 4.20. The SMILES string of the molecule is CN1C(=O)CC(C(=O)Nc2cnc(-c3ccc(F)cc3)c(-c3ccoc3)n2)C1c1cccnc1. The van der Waals surface area contributed by atoms with Crippen LogP contribution in [0, 0.1) is 11.7 Å². The zero-order valence-corrected chi connectivity index (χ0v) is 18.2. The molecule has 3 aromatic heterocycles. The van der Waals surface area contributed by atoms with Gasteiger partial charge in [-0.25, -0.2) is 9.37 Å². The topological polar surface area (TPSA) is 101 Å². The van der Waals surface area contributed by atoms with E-state index in [4.69, 9.17) is 4.42 Å². The zero-order chi connectivity index (χ0) is 23.7. The second kappa shape index (κ2) is 8.86. The Kier molecular flexibility index (Phi) is 5.59. The predicted molar refractivity (Wildman–Crippen MR) is 122 cm³/mol. The van der Waals surface area contributed by atoms with Crippen LogP contribution >= 0.6 is 0 Å². The number of benzene rings is 1. The highest BCUT2D eigenvalue weighted by atomic mass is 19.1. The van der Waals surface area contributed by atoms with Gasteiger partial charge in [0.15, 0.2) is 5.82 Å². The number of hydrogen-bond acceptors (Lipinski definition) is 6. The number of amides is 2. The second-order valence-electron chi connectivity index (χ2n) is 8.01. The van der Waals surface area contributed by atoms with Crippen molar-refractivity contribution in [1.29, 1.82) is 0 Å². The average molecular weight is 457 g/mol. The molecule has 1 saturated heterocycles. The van der Waals surface area contributed by atoms with Gasteiger partial charge in [0.25, 0.3) is 0 Å². The minimum absolute atomic E-state index is 0.0809. The zero-order valence-electron chi connectivity index (χ0n) is 18.2. The molecule has 4 aromatic rings. The number of nitrogens with one attached hydrogen (secondary N) is 1. The number of rotatable bonds is 5. The van der Waals surface area contributed by atoms with Crippen LogP contribution in [-0.4, -0.2) is 38.7 Å². The molecule has 8 nitrogen and oxygen atoms in total. The summed E-state index contributed by atoms with van der Waals surface area (Å²) in [5.74, 6) is -1.19. The van der Waals surface area contributed by atoms with Crippen LogP contribution in [0.4, 0.5) is 10.2 Å². The maximum absolute atomic E-state index is 13.4. The van der Waals surface area contributed by atoms with E-state index in [0.717, 1.165) is 5.56 Å². The quantitative estimate of drug-likeness (QED) is 0.484. The first kappa shape index (κ1) is 21.4. The van der Waals surface area contributed by atoms with Crippen molar-refractivity contribution >= 4 is 17.6 Å². The first-order valence-corrected chi connectivity index (χ1v) is 10.6. The number of carbonyl (C=O) groups excluding carboxylic acids is 2. The molecule has 1 aliphatic rings. The van der Waals surface area contributed by atoms with Gasteiger partial charge < -0.3 is 14.6 Å². The maximum Gasteiger partial charge on any atom is 0.231 e. The van der Waals surface area contributed by atoms with Gasteiger partial charge in [0.05, 0.1) is 36.4 Å². The third-order valence-corrected chi connectivity index (χ3v) is 5.89. The Morgan fingerprint density at radius 2 is 1.94 bits per heavy atom. The summed E-state index contributed by atoms with van der Waals surface area (Å²) >= 11 is 0. The summed E-state index contributed by atoms with van der Waals surface area (Å²) in [6.45, 7) is 0. The molecule has 5 rings (SSSR count). The van der Waals surface area contributed by atoms with Gasteiger partial charge in [-0.15, -0.1) is 0 Å². The first-order chi connectivity index (χ1) is 16.5. The molecule has 2 atom stereocenters. The number of hydrogen-bond donors (Lipinski definition) is 1.